The molecular weight excluding hydrogens is 336 g/mol. The second-order valence-corrected chi connectivity index (χ2v) is 6.00. The fourth-order valence-electron chi connectivity index (χ4n) is 1.91. The van der Waals surface area contributed by atoms with Gasteiger partial charge < -0.3 is 4.74 Å². The van der Waals surface area contributed by atoms with Crippen LogP contribution >= 0.6 is 23.8 Å². The maximum atomic E-state index is 12.1. The van der Waals surface area contributed by atoms with E-state index in [2.05, 4.69) is 5.32 Å². The van der Waals surface area contributed by atoms with E-state index in [0.717, 1.165) is 6.42 Å². The molecule has 23 heavy (non-hydrogen) atoms. The van der Waals surface area contributed by atoms with Crippen LogP contribution in [0.3, 0.4) is 0 Å². The average molecular weight is 353 g/mol. The van der Waals surface area contributed by atoms with Gasteiger partial charge in [-0.15, -0.1) is 0 Å². The summed E-state index contributed by atoms with van der Waals surface area (Å²) in [4.78, 5) is 25.3. The van der Waals surface area contributed by atoms with Crippen molar-refractivity contribution in [3.8, 4) is 5.75 Å². The molecule has 2 amide bonds. The number of hydrogen-bond acceptors (Lipinski definition) is 4. The molecular formula is C16H17ClN2O3S. The van der Waals surface area contributed by atoms with E-state index >= 15 is 0 Å². The van der Waals surface area contributed by atoms with E-state index in [1.54, 1.807) is 18.2 Å². The van der Waals surface area contributed by atoms with Crippen LogP contribution in [0.4, 0.5) is 0 Å². The molecule has 5 nitrogen and oxygen atoms in total. The van der Waals surface area contributed by atoms with E-state index < -0.39 is 11.8 Å². The highest BCUT2D eigenvalue weighted by molar-refractivity contribution is 7.80. The number of nitrogens with one attached hydrogen (secondary N) is 1. The molecule has 2 rings (SSSR count). The first-order valence-corrected chi connectivity index (χ1v) is 7.93. The van der Waals surface area contributed by atoms with Crippen molar-refractivity contribution in [1.82, 2.24) is 10.2 Å². The van der Waals surface area contributed by atoms with E-state index in [0.29, 0.717) is 16.3 Å². The first-order chi connectivity index (χ1) is 10.8. The summed E-state index contributed by atoms with van der Waals surface area (Å²) in [6, 6.07) is 5.12. The molecule has 0 radical (unpaired) electrons. The van der Waals surface area contributed by atoms with Crippen molar-refractivity contribution in [2.24, 2.45) is 0 Å². The predicted molar refractivity (Wildman–Crippen MR) is 93.3 cm³/mol. The van der Waals surface area contributed by atoms with Crippen LogP contribution in [0.25, 0.3) is 6.08 Å². The first kappa shape index (κ1) is 17.4. The number of hydrogen-bond donors (Lipinski definition) is 1. The lowest BCUT2D eigenvalue weighted by molar-refractivity contribution is -0.128. The minimum atomic E-state index is -0.519. The van der Waals surface area contributed by atoms with Crippen LogP contribution < -0.4 is 10.1 Å². The number of likely N-dealkylation sites (N-methyl/N-ethyl adjacent to an activating group) is 1. The number of benzene rings is 1. The fraction of sp³-hybridized carbons (Fsp3) is 0.312. The largest absolute Gasteiger partial charge is 0.489 e. The Morgan fingerprint density at radius 2 is 2.13 bits per heavy atom. The molecule has 1 fully saturated rings. The fourth-order valence-corrected chi connectivity index (χ4v) is 2.32. The van der Waals surface area contributed by atoms with Crippen LogP contribution in [-0.2, 0) is 9.59 Å². The normalized spacial score (nSPS) is 18.2. The molecule has 0 spiro atoms. The van der Waals surface area contributed by atoms with Crippen LogP contribution in [0.2, 0.25) is 5.02 Å². The summed E-state index contributed by atoms with van der Waals surface area (Å²) in [6.07, 6.45) is 2.40. The number of halogens is 1. The summed E-state index contributed by atoms with van der Waals surface area (Å²) in [5.41, 5.74) is 0.638. The van der Waals surface area contributed by atoms with Gasteiger partial charge in [-0.2, -0.15) is 0 Å². The van der Waals surface area contributed by atoms with Crippen molar-refractivity contribution in [2.45, 2.75) is 26.4 Å². The molecule has 0 aromatic heterocycles. The van der Waals surface area contributed by atoms with E-state index in [-0.39, 0.29) is 16.8 Å². The second kappa shape index (κ2) is 7.10. The Morgan fingerprint density at radius 3 is 2.74 bits per heavy atom. The minimum absolute atomic E-state index is 0.00719. The smallest absolute Gasteiger partial charge is 0.265 e. The zero-order valence-electron chi connectivity index (χ0n) is 13.1. The molecule has 0 saturated carbocycles. The SMILES string of the molecule is CC[C@@H](C)Oc1ccc(/C=C2\C(=O)NC(=S)N(C)C2=O)cc1Cl. The Bertz CT molecular complexity index is 703. The van der Waals surface area contributed by atoms with Crippen LogP contribution in [0.1, 0.15) is 25.8 Å². The molecule has 7 heteroatoms. The molecule has 1 heterocycles. The number of ether oxygens (including phenoxy) is 1. The van der Waals surface area contributed by atoms with Gasteiger partial charge in [0.05, 0.1) is 11.1 Å². The lowest BCUT2D eigenvalue weighted by atomic mass is 10.1. The Morgan fingerprint density at radius 1 is 1.43 bits per heavy atom. The number of carbonyl (C=O) groups is 2. The standard InChI is InChI=1S/C16H17ClN2O3S/c1-4-9(2)22-13-6-5-10(8-12(13)17)7-11-14(20)18-16(23)19(3)15(11)21/h5-9H,4H2,1-3H3,(H,18,20,23)/b11-7+/t9-/m1/s1. The quantitative estimate of drug-likeness (QED) is 0.514. The molecule has 122 valence electrons. The summed E-state index contributed by atoms with van der Waals surface area (Å²) >= 11 is 11.1. The Labute approximate surface area is 145 Å². The highest BCUT2D eigenvalue weighted by Gasteiger charge is 2.30. The molecule has 1 N–H and O–H groups in total. The average Bonchev–Trinajstić information content (AvgIpc) is 2.51. The van der Waals surface area contributed by atoms with Gasteiger partial charge in [0.2, 0.25) is 0 Å². The number of thiocarbonyl (C=S) groups is 1. The molecule has 1 aromatic carbocycles. The van der Waals surface area contributed by atoms with Crippen LogP contribution in [0.15, 0.2) is 23.8 Å². The monoisotopic (exact) mass is 352 g/mol. The van der Waals surface area contributed by atoms with Gasteiger partial charge in [0.1, 0.15) is 11.3 Å². The van der Waals surface area contributed by atoms with Crippen molar-refractivity contribution in [3.63, 3.8) is 0 Å². The van der Waals surface area contributed by atoms with Gasteiger partial charge in [-0.25, -0.2) is 0 Å². The third-order valence-electron chi connectivity index (χ3n) is 3.47. The highest BCUT2D eigenvalue weighted by Crippen LogP contribution is 2.28. The van der Waals surface area contributed by atoms with Crippen molar-refractivity contribution >= 4 is 46.8 Å². The summed E-state index contributed by atoms with van der Waals surface area (Å²) in [6.45, 7) is 3.97. The van der Waals surface area contributed by atoms with E-state index in [1.807, 2.05) is 13.8 Å². The van der Waals surface area contributed by atoms with E-state index in [9.17, 15) is 9.59 Å². The maximum Gasteiger partial charge on any atom is 0.265 e. The summed E-state index contributed by atoms with van der Waals surface area (Å²) in [5, 5.41) is 2.97. The number of carbonyl (C=O) groups excluding carboxylic acids is 2. The number of rotatable bonds is 4. The topological polar surface area (TPSA) is 58.6 Å². The second-order valence-electron chi connectivity index (χ2n) is 5.21. The maximum absolute atomic E-state index is 12.1. The van der Waals surface area contributed by atoms with Gasteiger partial charge in [0, 0.05) is 7.05 Å². The van der Waals surface area contributed by atoms with E-state index in [1.165, 1.54) is 18.0 Å². The van der Waals surface area contributed by atoms with E-state index in [4.69, 9.17) is 28.6 Å². The summed E-state index contributed by atoms with van der Waals surface area (Å²) in [5.74, 6) is -0.398. The van der Waals surface area contributed by atoms with Gasteiger partial charge in [0.25, 0.3) is 11.8 Å². The molecule has 0 aliphatic carbocycles. The van der Waals surface area contributed by atoms with Crippen molar-refractivity contribution < 1.29 is 14.3 Å². The number of amides is 2. The van der Waals surface area contributed by atoms with Crippen molar-refractivity contribution in [2.75, 3.05) is 7.05 Å². The molecule has 1 aromatic rings. The van der Waals surface area contributed by atoms with Gasteiger partial charge in [-0.3, -0.25) is 19.8 Å². The Kier molecular flexibility index (Phi) is 5.38. The molecule has 1 aliphatic heterocycles. The Hall–Kier alpha value is -1.92. The van der Waals surface area contributed by atoms with Crippen LogP contribution in [0, 0.1) is 0 Å². The summed E-state index contributed by atoms with van der Waals surface area (Å²) in [7, 11) is 1.51. The molecule has 1 atom stereocenters. The molecule has 1 aliphatic rings. The van der Waals surface area contributed by atoms with Crippen molar-refractivity contribution in [3.05, 3.63) is 34.4 Å². The lowest BCUT2D eigenvalue weighted by Crippen LogP contribution is -2.52. The first-order valence-electron chi connectivity index (χ1n) is 7.14. The Balaban J connectivity index is 2.29. The highest BCUT2D eigenvalue weighted by atomic mass is 35.5. The lowest BCUT2D eigenvalue weighted by Gasteiger charge is -2.25. The third kappa shape index (κ3) is 3.89. The molecule has 0 unspecified atom stereocenters. The predicted octanol–water partition coefficient (Wildman–Crippen LogP) is 2.77. The zero-order chi connectivity index (χ0) is 17.1. The van der Waals surface area contributed by atoms with Crippen LogP contribution in [-0.4, -0.2) is 35.0 Å². The summed E-state index contributed by atoms with van der Waals surface area (Å²) < 4.78 is 5.69. The third-order valence-corrected chi connectivity index (χ3v) is 4.15. The van der Waals surface area contributed by atoms with Gasteiger partial charge in [0.15, 0.2) is 5.11 Å². The zero-order valence-corrected chi connectivity index (χ0v) is 14.6. The van der Waals surface area contributed by atoms with Gasteiger partial charge >= 0.3 is 0 Å². The molecule has 0 bridgehead atoms. The van der Waals surface area contributed by atoms with Crippen molar-refractivity contribution in [1.29, 1.82) is 0 Å². The van der Waals surface area contributed by atoms with Gasteiger partial charge in [-0.05, 0) is 49.3 Å². The molecule has 1 saturated heterocycles. The van der Waals surface area contributed by atoms with Crippen LogP contribution in [0.5, 0.6) is 5.75 Å². The van der Waals surface area contributed by atoms with Gasteiger partial charge in [-0.1, -0.05) is 24.6 Å². The minimum Gasteiger partial charge on any atom is -0.489 e. The number of nitrogens with zero attached hydrogens (tertiary/aromatic N) is 1.